The Morgan fingerprint density at radius 1 is 0.970 bits per heavy atom. The lowest BCUT2D eigenvalue weighted by Crippen LogP contribution is -2.53. The van der Waals surface area contributed by atoms with E-state index < -0.39 is 0 Å². The molecular formula is C26H26N4O3. The quantitative estimate of drug-likeness (QED) is 0.653. The van der Waals surface area contributed by atoms with Crippen molar-refractivity contribution in [1.82, 2.24) is 15.1 Å². The highest BCUT2D eigenvalue weighted by Gasteiger charge is 2.28. The Morgan fingerprint density at radius 2 is 1.73 bits per heavy atom. The largest absolute Gasteiger partial charge is 0.493 e. The molecule has 0 aliphatic carbocycles. The van der Waals surface area contributed by atoms with Crippen molar-refractivity contribution in [2.45, 2.75) is 6.54 Å². The van der Waals surface area contributed by atoms with Gasteiger partial charge in [-0.25, -0.2) is 9.79 Å². The van der Waals surface area contributed by atoms with Crippen LogP contribution >= 0.6 is 0 Å². The summed E-state index contributed by atoms with van der Waals surface area (Å²) in [6.45, 7) is 3.10. The molecule has 168 valence electrons. The summed E-state index contributed by atoms with van der Waals surface area (Å²) in [5.74, 6) is 2.85. The van der Waals surface area contributed by atoms with Gasteiger partial charge in [-0.3, -0.25) is 0 Å². The van der Waals surface area contributed by atoms with Crippen LogP contribution in [0.25, 0.3) is 0 Å². The van der Waals surface area contributed by atoms with Gasteiger partial charge in [0.05, 0.1) is 12.7 Å². The zero-order valence-electron chi connectivity index (χ0n) is 18.5. The van der Waals surface area contributed by atoms with E-state index in [1.165, 1.54) is 0 Å². The van der Waals surface area contributed by atoms with E-state index >= 15 is 0 Å². The number of rotatable bonds is 3. The fraction of sp³-hybridized carbons (Fsp3) is 0.231. The molecule has 7 heteroatoms. The first-order chi connectivity index (χ1) is 16.2. The molecule has 33 heavy (non-hydrogen) atoms. The highest BCUT2D eigenvalue weighted by Crippen LogP contribution is 2.42. The van der Waals surface area contributed by atoms with E-state index in [-0.39, 0.29) is 6.03 Å². The Bertz CT molecular complexity index is 1170. The average molecular weight is 443 g/mol. The fourth-order valence-electron chi connectivity index (χ4n) is 4.13. The molecule has 1 saturated heterocycles. The third-order valence-electron chi connectivity index (χ3n) is 5.90. The Hall–Kier alpha value is -4.00. The third kappa shape index (κ3) is 4.35. The molecule has 0 saturated carbocycles. The van der Waals surface area contributed by atoms with Crippen molar-refractivity contribution in [3.05, 3.63) is 83.9 Å². The monoisotopic (exact) mass is 442 g/mol. The SMILES string of the molecule is COc1cccc2c1Oc1ccccc1N=C2N1CCN(C(=O)NCc2ccccc2)CC1. The standard InChI is InChI=1S/C26H26N4O3/c1-32-23-13-7-10-20-24(23)33-22-12-6-5-11-21(22)28-25(20)29-14-16-30(17-15-29)26(31)27-18-19-8-3-2-4-9-19/h2-13H,14-18H2,1H3,(H,27,31). The number of urea groups is 1. The summed E-state index contributed by atoms with van der Waals surface area (Å²) in [5.41, 5.74) is 2.74. The van der Waals surface area contributed by atoms with Crippen molar-refractivity contribution < 1.29 is 14.3 Å². The fourth-order valence-corrected chi connectivity index (χ4v) is 4.13. The Balaban J connectivity index is 1.33. The Kier molecular flexibility index (Phi) is 5.85. The lowest BCUT2D eigenvalue weighted by atomic mass is 10.1. The van der Waals surface area contributed by atoms with Crippen LogP contribution < -0.4 is 14.8 Å². The van der Waals surface area contributed by atoms with E-state index in [1.54, 1.807) is 7.11 Å². The van der Waals surface area contributed by atoms with Crippen LogP contribution in [0, 0.1) is 0 Å². The molecular weight excluding hydrogens is 416 g/mol. The van der Waals surface area contributed by atoms with Crippen LogP contribution in [0.3, 0.4) is 0 Å². The molecule has 0 radical (unpaired) electrons. The van der Waals surface area contributed by atoms with E-state index in [4.69, 9.17) is 14.5 Å². The van der Waals surface area contributed by atoms with Crippen LogP contribution in [0.2, 0.25) is 0 Å². The second-order valence-electron chi connectivity index (χ2n) is 7.96. The molecule has 5 rings (SSSR count). The predicted octanol–water partition coefficient (Wildman–Crippen LogP) is 4.41. The first-order valence-electron chi connectivity index (χ1n) is 11.1. The molecule has 1 fully saturated rings. The second kappa shape index (κ2) is 9.24. The normalized spacial score (nSPS) is 14.9. The lowest BCUT2D eigenvalue weighted by molar-refractivity contribution is 0.169. The number of amides is 2. The number of nitrogens with zero attached hydrogens (tertiary/aromatic N) is 3. The van der Waals surface area contributed by atoms with Crippen molar-refractivity contribution in [2.24, 2.45) is 4.99 Å². The van der Waals surface area contributed by atoms with Gasteiger partial charge in [-0.15, -0.1) is 0 Å². The molecule has 2 aliphatic heterocycles. The number of hydrogen-bond donors (Lipinski definition) is 1. The number of hydrogen-bond acceptors (Lipinski definition) is 5. The molecule has 3 aromatic rings. The van der Waals surface area contributed by atoms with Gasteiger partial charge < -0.3 is 24.6 Å². The first-order valence-corrected chi connectivity index (χ1v) is 11.1. The van der Waals surface area contributed by atoms with Gasteiger partial charge in [-0.05, 0) is 29.8 Å². The highest BCUT2D eigenvalue weighted by molar-refractivity contribution is 6.04. The zero-order chi connectivity index (χ0) is 22.6. The molecule has 7 nitrogen and oxygen atoms in total. The molecule has 2 heterocycles. The number of ether oxygens (including phenoxy) is 2. The maximum Gasteiger partial charge on any atom is 0.317 e. The minimum Gasteiger partial charge on any atom is -0.493 e. The Morgan fingerprint density at radius 3 is 2.52 bits per heavy atom. The number of aliphatic imine (C=N–C) groups is 1. The molecule has 1 N–H and O–H groups in total. The smallest absolute Gasteiger partial charge is 0.317 e. The molecule has 3 aromatic carbocycles. The summed E-state index contributed by atoms with van der Waals surface area (Å²) < 4.78 is 11.8. The van der Waals surface area contributed by atoms with Gasteiger partial charge in [-0.1, -0.05) is 48.5 Å². The Labute approximate surface area is 193 Å². The van der Waals surface area contributed by atoms with Gasteiger partial charge >= 0.3 is 6.03 Å². The minimum absolute atomic E-state index is 0.0444. The van der Waals surface area contributed by atoms with Gasteiger partial charge in [0.1, 0.15) is 11.5 Å². The highest BCUT2D eigenvalue weighted by atomic mass is 16.5. The van der Waals surface area contributed by atoms with Crippen molar-refractivity contribution in [2.75, 3.05) is 33.3 Å². The molecule has 0 unspecified atom stereocenters. The van der Waals surface area contributed by atoms with E-state index in [9.17, 15) is 4.79 Å². The van der Waals surface area contributed by atoms with Gasteiger partial charge in [0.2, 0.25) is 0 Å². The predicted molar refractivity (Wildman–Crippen MR) is 128 cm³/mol. The summed E-state index contributed by atoms with van der Waals surface area (Å²) in [7, 11) is 1.64. The summed E-state index contributed by atoms with van der Waals surface area (Å²) in [6.07, 6.45) is 0. The van der Waals surface area contributed by atoms with Gasteiger partial charge in [0.15, 0.2) is 17.2 Å². The molecule has 0 bridgehead atoms. The van der Waals surface area contributed by atoms with Crippen LogP contribution in [0.5, 0.6) is 17.2 Å². The van der Waals surface area contributed by atoms with Crippen molar-refractivity contribution in [3.8, 4) is 17.2 Å². The number of methoxy groups -OCH3 is 1. The molecule has 2 aliphatic rings. The first kappa shape index (κ1) is 20.9. The van der Waals surface area contributed by atoms with E-state index in [0.29, 0.717) is 50.0 Å². The van der Waals surface area contributed by atoms with Crippen LogP contribution in [-0.2, 0) is 6.54 Å². The van der Waals surface area contributed by atoms with Crippen LogP contribution in [0.4, 0.5) is 10.5 Å². The van der Waals surface area contributed by atoms with Crippen molar-refractivity contribution in [3.63, 3.8) is 0 Å². The third-order valence-corrected chi connectivity index (χ3v) is 5.90. The number of para-hydroxylation sites is 3. The molecule has 0 atom stereocenters. The van der Waals surface area contributed by atoms with E-state index in [1.807, 2.05) is 77.7 Å². The summed E-state index contributed by atoms with van der Waals surface area (Å²) in [5, 5.41) is 3.02. The maximum atomic E-state index is 12.7. The van der Waals surface area contributed by atoms with Crippen molar-refractivity contribution in [1.29, 1.82) is 0 Å². The lowest BCUT2D eigenvalue weighted by Gasteiger charge is -2.36. The minimum atomic E-state index is -0.0444. The van der Waals surface area contributed by atoms with Crippen molar-refractivity contribution >= 4 is 17.6 Å². The topological polar surface area (TPSA) is 66.4 Å². The number of piperazine rings is 1. The number of carbonyl (C=O) groups is 1. The summed E-state index contributed by atoms with van der Waals surface area (Å²) >= 11 is 0. The van der Waals surface area contributed by atoms with Crippen LogP contribution in [-0.4, -0.2) is 55.0 Å². The summed E-state index contributed by atoms with van der Waals surface area (Å²) in [6, 6.07) is 23.5. The van der Waals surface area contributed by atoms with E-state index in [2.05, 4.69) is 10.2 Å². The number of nitrogens with one attached hydrogen (secondary N) is 1. The second-order valence-corrected chi connectivity index (χ2v) is 7.96. The number of carbonyl (C=O) groups excluding carboxylic acids is 1. The number of fused-ring (bicyclic) bond motifs is 2. The average Bonchev–Trinajstić information content (AvgIpc) is 3.05. The number of benzene rings is 3. The number of amidine groups is 1. The molecule has 0 aromatic heterocycles. The van der Waals surface area contributed by atoms with Gasteiger partial charge in [-0.2, -0.15) is 0 Å². The van der Waals surface area contributed by atoms with Gasteiger partial charge in [0.25, 0.3) is 0 Å². The van der Waals surface area contributed by atoms with Crippen LogP contribution in [0.15, 0.2) is 77.8 Å². The molecule has 0 spiro atoms. The van der Waals surface area contributed by atoms with Crippen LogP contribution in [0.1, 0.15) is 11.1 Å². The molecule has 2 amide bonds. The van der Waals surface area contributed by atoms with E-state index in [0.717, 1.165) is 22.6 Å². The zero-order valence-corrected chi connectivity index (χ0v) is 18.5. The van der Waals surface area contributed by atoms with Gasteiger partial charge in [0, 0.05) is 32.7 Å². The summed E-state index contributed by atoms with van der Waals surface area (Å²) in [4.78, 5) is 21.7. The maximum absolute atomic E-state index is 12.7.